The summed E-state index contributed by atoms with van der Waals surface area (Å²) in [5.41, 5.74) is 4.34. The van der Waals surface area contributed by atoms with Crippen LogP contribution in [0.3, 0.4) is 0 Å². The van der Waals surface area contributed by atoms with Crippen molar-refractivity contribution in [2.75, 3.05) is 26.5 Å². The number of carbonyl (C=O) groups is 1. The lowest BCUT2D eigenvalue weighted by Crippen LogP contribution is -2.46. The van der Waals surface area contributed by atoms with Crippen LogP contribution in [-0.2, 0) is 27.8 Å². The Labute approximate surface area is 207 Å². The van der Waals surface area contributed by atoms with Crippen LogP contribution in [0.25, 0.3) is 16.6 Å². The molecule has 0 atom stereocenters. The van der Waals surface area contributed by atoms with Crippen LogP contribution < -0.4 is 5.32 Å². The van der Waals surface area contributed by atoms with Gasteiger partial charge in [-0.3, -0.25) is 9.78 Å². The van der Waals surface area contributed by atoms with Crippen LogP contribution in [0.15, 0.2) is 35.1 Å². The van der Waals surface area contributed by atoms with Crippen molar-refractivity contribution in [1.29, 1.82) is 0 Å². The number of sulfonamides is 1. The number of halogens is 1. The molecule has 3 aromatic heterocycles. The fraction of sp³-hybridized carbons (Fsp3) is 0.435. The number of amides is 1. The third-order valence-corrected chi connectivity index (χ3v) is 7.81. The first-order valence-corrected chi connectivity index (χ1v) is 13.8. The van der Waals surface area contributed by atoms with E-state index < -0.39 is 10.0 Å². The molecule has 1 N–H and O–H groups in total. The van der Waals surface area contributed by atoms with E-state index in [1.54, 1.807) is 19.5 Å². The number of rotatable bonds is 7. The van der Waals surface area contributed by atoms with Crippen molar-refractivity contribution >= 4 is 37.4 Å². The molecule has 34 heavy (non-hydrogen) atoms. The Kier molecular flexibility index (Phi) is 7.36. The molecule has 1 saturated heterocycles. The highest BCUT2D eigenvalue weighted by Gasteiger charge is 2.29. The van der Waals surface area contributed by atoms with Crippen LogP contribution >= 0.6 is 15.9 Å². The van der Waals surface area contributed by atoms with E-state index in [1.165, 1.54) is 10.6 Å². The number of carbonyl (C=O) groups excluding carboxylic acids is 1. The second-order valence-electron chi connectivity index (χ2n) is 8.41. The van der Waals surface area contributed by atoms with Gasteiger partial charge in [-0.15, -0.1) is 0 Å². The molecular weight excluding hydrogens is 522 g/mol. The van der Waals surface area contributed by atoms with E-state index in [0.717, 1.165) is 33.2 Å². The van der Waals surface area contributed by atoms with Gasteiger partial charge in [0.05, 0.1) is 23.9 Å². The Morgan fingerprint density at radius 3 is 2.62 bits per heavy atom. The van der Waals surface area contributed by atoms with Crippen molar-refractivity contribution in [2.24, 2.45) is 0 Å². The molecule has 11 heteroatoms. The predicted molar refractivity (Wildman–Crippen MR) is 133 cm³/mol. The minimum atomic E-state index is -3.24. The molecule has 0 aromatic carbocycles. The summed E-state index contributed by atoms with van der Waals surface area (Å²) in [6, 6.07) is 5.78. The van der Waals surface area contributed by atoms with Crippen molar-refractivity contribution in [3.8, 4) is 11.1 Å². The number of hydrogen-bond donors (Lipinski definition) is 1. The summed E-state index contributed by atoms with van der Waals surface area (Å²) in [6.07, 6.45) is 6.53. The van der Waals surface area contributed by atoms with Gasteiger partial charge in [-0.25, -0.2) is 17.2 Å². The molecule has 0 aliphatic carbocycles. The molecule has 0 radical (unpaired) electrons. The molecule has 9 nitrogen and oxygen atoms in total. The first-order valence-electron chi connectivity index (χ1n) is 11.1. The summed E-state index contributed by atoms with van der Waals surface area (Å²) in [7, 11) is -1.66. The molecule has 4 rings (SSSR count). The number of methoxy groups -OCH3 is 1. The molecule has 3 aromatic rings. The third-order valence-electron chi connectivity index (χ3n) is 6.07. The van der Waals surface area contributed by atoms with Gasteiger partial charge >= 0.3 is 0 Å². The van der Waals surface area contributed by atoms with E-state index in [0.29, 0.717) is 37.2 Å². The van der Waals surface area contributed by atoms with Gasteiger partial charge in [0.25, 0.3) is 5.91 Å². The number of ether oxygens (including phenoxy) is 1. The van der Waals surface area contributed by atoms with Gasteiger partial charge in [0, 0.05) is 59.9 Å². The zero-order valence-corrected chi connectivity index (χ0v) is 21.8. The van der Waals surface area contributed by atoms with Crippen LogP contribution in [0.5, 0.6) is 0 Å². The SMILES string of the molecule is CCc1ccc2c(-c3cncc(Br)c3)c(C(=O)NC3CCN(S(C)(=O)=O)CC3)c(COC)nn12. The van der Waals surface area contributed by atoms with Crippen LogP contribution in [0, 0.1) is 0 Å². The van der Waals surface area contributed by atoms with Crippen LogP contribution in [0.4, 0.5) is 0 Å². The molecule has 0 bridgehead atoms. The first-order chi connectivity index (χ1) is 16.2. The fourth-order valence-corrected chi connectivity index (χ4v) is 5.64. The minimum Gasteiger partial charge on any atom is -0.378 e. The predicted octanol–water partition coefficient (Wildman–Crippen LogP) is 3.02. The standard InChI is InChI=1S/C23H28BrN5O4S/c1-4-18-5-6-20-21(15-11-16(24)13-25-12-15)22(19(14-33-2)27-29(18)20)23(30)26-17-7-9-28(10-8-17)34(3,31)32/h5-6,11-13,17H,4,7-10,14H2,1-3H3,(H,26,30). The number of nitrogens with one attached hydrogen (secondary N) is 1. The molecule has 0 spiro atoms. The summed E-state index contributed by atoms with van der Waals surface area (Å²) < 4.78 is 33.2. The summed E-state index contributed by atoms with van der Waals surface area (Å²) in [4.78, 5) is 18.0. The van der Waals surface area contributed by atoms with Gasteiger partial charge < -0.3 is 10.1 Å². The van der Waals surface area contributed by atoms with Gasteiger partial charge in [0.1, 0.15) is 5.69 Å². The van der Waals surface area contributed by atoms with E-state index in [-0.39, 0.29) is 18.6 Å². The Hall–Kier alpha value is -2.34. The number of hydrogen-bond acceptors (Lipinski definition) is 6. The Morgan fingerprint density at radius 2 is 2.00 bits per heavy atom. The highest BCUT2D eigenvalue weighted by molar-refractivity contribution is 9.10. The smallest absolute Gasteiger partial charge is 0.254 e. The maximum atomic E-state index is 13.7. The Morgan fingerprint density at radius 1 is 1.26 bits per heavy atom. The van der Waals surface area contributed by atoms with E-state index in [9.17, 15) is 13.2 Å². The third kappa shape index (κ3) is 5.02. The van der Waals surface area contributed by atoms with Crippen molar-refractivity contribution in [3.05, 3.63) is 52.0 Å². The largest absolute Gasteiger partial charge is 0.378 e. The molecule has 1 aliphatic rings. The average Bonchev–Trinajstić information content (AvgIpc) is 3.20. The van der Waals surface area contributed by atoms with E-state index in [4.69, 9.17) is 9.84 Å². The fourth-order valence-electron chi connectivity index (χ4n) is 4.40. The monoisotopic (exact) mass is 549 g/mol. The zero-order valence-electron chi connectivity index (χ0n) is 19.4. The van der Waals surface area contributed by atoms with E-state index in [1.807, 2.05) is 22.7 Å². The van der Waals surface area contributed by atoms with Crippen LogP contribution in [0.2, 0.25) is 0 Å². The zero-order chi connectivity index (χ0) is 24.5. The summed E-state index contributed by atoms with van der Waals surface area (Å²) in [5.74, 6) is -0.255. The number of aromatic nitrogens is 3. The second-order valence-corrected chi connectivity index (χ2v) is 11.3. The highest BCUT2D eigenvalue weighted by Crippen LogP contribution is 2.33. The molecule has 182 valence electrons. The minimum absolute atomic E-state index is 0.136. The summed E-state index contributed by atoms with van der Waals surface area (Å²) >= 11 is 3.49. The highest BCUT2D eigenvalue weighted by atomic mass is 79.9. The van der Waals surface area contributed by atoms with Gasteiger partial charge in [0.15, 0.2) is 0 Å². The number of nitrogens with zero attached hydrogens (tertiary/aromatic N) is 4. The average molecular weight is 550 g/mol. The number of piperidine rings is 1. The number of fused-ring (bicyclic) bond motifs is 1. The molecule has 1 aliphatic heterocycles. The lowest BCUT2D eigenvalue weighted by atomic mass is 9.98. The van der Waals surface area contributed by atoms with Crippen molar-refractivity contribution in [1.82, 2.24) is 24.2 Å². The quantitative estimate of drug-likeness (QED) is 0.485. The van der Waals surface area contributed by atoms with Crippen LogP contribution in [-0.4, -0.2) is 65.7 Å². The summed E-state index contributed by atoms with van der Waals surface area (Å²) in [5, 5.41) is 7.89. The molecular formula is C23H28BrN5O4S. The van der Waals surface area contributed by atoms with Gasteiger partial charge in [0.2, 0.25) is 10.0 Å². The molecule has 0 saturated carbocycles. The number of pyridine rings is 1. The lowest BCUT2D eigenvalue weighted by Gasteiger charge is -2.31. The van der Waals surface area contributed by atoms with Gasteiger partial charge in [-0.1, -0.05) is 6.92 Å². The van der Waals surface area contributed by atoms with E-state index >= 15 is 0 Å². The topological polar surface area (TPSA) is 106 Å². The Balaban J connectivity index is 1.78. The van der Waals surface area contributed by atoms with Crippen molar-refractivity contribution in [2.45, 2.75) is 38.8 Å². The first kappa shape index (κ1) is 24.8. The van der Waals surface area contributed by atoms with Gasteiger partial charge in [-0.2, -0.15) is 5.10 Å². The summed E-state index contributed by atoms with van der Waals surface area (Å²) in [6.45, 7) is 2.99. The Bertz CT molecular complexity index is 1320. The molecule has 1 amide bonds. The van der Waals surface area contributed by atoms with Gasteiger partial charge in [-0.05, 0) is 53.4 Å². The maximum absolute atomic E-state index is 13.7. The normalized spacial score (nSPS) is 15.6. The second kappa shape index (κ2) is 10.1. The maximum Gasteiger partial charge on any atom is 0.254 e. The number of aryl methyl sites for hydroxylation is 1. The van der Waals surface area contributed by atoms with E-state index in [2.05, 4.69) is 33.2 Å². The molecule has 0 unspecified atom stereocenters. The van der Waals surface area contributed by atoms with Crippen LogP contribution in [0.1, 0.15) is 41.5 Å². The van der Waals surface area contributed by atoms with Crippen molar-refractivity contribution in [3.63, 3.8) is 0 Å². The van der Waals surface area contributed by atoms with Crippen molar-refractivity contribution < 1.29 is 17.9 Å². The molecule has 4 heterocycles. The lowest BCUT2D eigenvalue weighted by molar-refractivity contribution is 0.0918. The molecule has 1 fully saturated rings.